The Morgan fingerprint density at radius 2 is 2.00 bits per heavy atom. The molecule has 0 heterocycles. The van der Waals surface area contributed by atoms with Crippen LogP contribution in [0, 0.1) is 12.7 Å². The van der Waals surface area contributed by atoms with Crippen LogP contribution in [-0.4, -0.2) is 6.61 Å². The van der Waals surface area contributed by atoms with Crippen molar-refractivity contribution in [2.24, 2.45) is 5.84 Å². The van der Waals surface area contributed by atoms with Crippen molar-refractivity contribution < 1.29 is 9.13 Å². The maximum Gasteiger partial charge on any atom is 0.126 e. The first-order valence-electron chi connectivity index (χ1n) is 7.11. The van der Waals surface area contributed by atoms with Crippen LogP contribution >= 0.6 is 0 Å². The van der Waals surface area contributed by atoms with Crippen molar-refractivity contribution in [3.8, 4) is 5.75 Å². The molecule has 3 nitrogen and oxygen atoms in total. The summed E-state index contributed by atoms with van der Waals surface area (Å²) >= 11 is 0. The van der Waals surface area contributed by atoms with Crippen molar-refractivity contribution >= 4 is 0 Å². The van der Waals surface area contributed by atoms with Crippen LogP contribution in [-0.2, 0) is 0 Å². The van der Waals surface area contributed by atoms with Crippen LogP contribution < -0.4 is 16.0 Å². The zero-order chi connectivity index (χ0) is 15.2. The number of halogens is 1. The smallest absolute Gasteiger partial charge is 0.126 e. The second kappa shape index (κ2) is 7.20. The van der Waals surface area contributed by atoms with Crippen molar-refractivity contribution in [3.63, 3.8) is 0 Å². The van der Waals surface area contributed by atoms with Gasteiger partial charge < -0.3 is 4.74 Å². The van der Waals surface area contributed by atoms with Crippen LogP contribution in [0.25, 0.3) is 0 Å². The van der Waals surface area contributed by atoms with Gasteiger partial charge in [0.05, 0.1) is 12.6 Å². The standard InChI is InChI=1S/C17H21FN2O/c1-3-10-21-16-7-5-4-6-14(16)17(20-19)13-8-9-15(18)12(2)11-13/h4-9,11,17,20H,3,10,19H2,1-2H3. The van der Waals surface area contributed by atoms with Gasteiger partial charge in [-0.25, -0.2) is 9.82 Å². The topological polar surface area (TPSA) is 47.3 Å². The van der Waals surface area contributed by atoms with Crippen molar-refractivity contribution in [1.82, 2.24) is 5.43 Å². The van der Waals surface area contributed by atoms with E-state index in [1.807, 2.05) is 24.3 Å². The van der Waals surface area contributed by atoms with E-state index >= 15 is 0 Å². The van der Waals surface area contributed by atoms with Crippen LogP contribution in [0.2, 0.25) is 0 Å². The number of rotatable bonds is 6. The van der Waals surface area contributed by atoms with Crippen LogP contribution in [0.1, 0.15) is 36.1 Å². The average Bonchev–Trinajstić information content (AvgIpc) is 2.50. The zero-order valence-corrected chi connectivity index (χ0v) is 12.4. The van der Waals surface area contributed by atoms with Gasteiger partial charge in [-0.15, -0.1) is 0 Å². The molecule has 0 bridgehead atoms. The molecule has 0 aliphatic rings. The van der Waals surface area contributed by atoms with Gasteiger partial charge in [-0.1, -0.05) is 37.3 Å². The molecule has 0 fully saturated rings. The monoisotopic (exact) mass is 288 g/mol. The van der Waals surface area contributed by atoms with Gasteiger partial charge in [0.2, 0.25) is 0 Å². The normalized spacial score (nSPS) is 12.2. The maximum atomic E-state index is 13.4. The minimum absolute atomic E-state index is 0.218. The molecule has 1 unspecified atom stereocenters. The van der Waals surface area contributed by atoms with Gasteiger partial charge in [-0.05, 0) is 36.6 Å². The quantitative estimate of drug-likeness (QED) is 0.632. The van der Waals surface area contributed by atoms with E-state index in [4.69, 9.17) is 10.6 Å². The molecule has 2 aromatic carbocycles. The average molecular weight is 288 g/mol. The third-order valence-electron chi connectivity index (χ3n) is 3.37. The van der Waals surface area contributed by atoms with Crippen LogP contribution in [0.4, 0.5) is 4.39 Å². The summed E-state index contributed by atoms with van der Waals surface area (Å²) in [5.74, 6) is 6.30. The Bertz CT molecular complexity index is 601. The van der Waals surface area contributed by atoms with Gasteiger partial charge in [-0.2, -0.15) is 0 Å². The Kier molecular flexibility index (Phi) is 5.31. The number of nitrogens with one attached hydrogen (secondary N) is 1. The first-order chi connectivity index (χ1) is 10.2. The summed E-state index contributed by atoms with van der Waals surface area (Å²) in [7, 11) is 0. The van der Waals surface area contributed by atoms with Crippen LogP contribution in [0.5, 0.6) is 5.75 Å². The fourth-order valence-electron chi connectivity index (χ4n) is 2.28. The summed E-state index contributed by atoms with van der Waals surface area (Å²) in [6, 6.07) is 12.5. The highest BCUT2D eigenvalue weighted by Crippen LogP contribution is 2.30. The molecule has 21 heavy (non-hydrogen) atoms. The number of aryl methyl sites for hydroxylation is 1. The summed E-state index contributed by atoms with van der Waals surface area (Å²) < 4.78 is 19.2. The number of hydrogen-bond donors (Lipinski definition) is 2. The van der Waals surface area contributed by atoms with Gasteiger partial charge in [-0.3, -0.25) is 5.84 Å². The van der Waals surface area contributed by atoms with E-state index in [1.54, 1.807) is 19.1 Å². The molecule has 0 saturated carbocycles. The number of nitrogens with two attached hydrogens (primary N) is 1. The van der Waals surface area contributed by atoms with E-state index in [9.17, 15) is 4.39 Å². The highest BCUT2D eigenvalue weighted by molar-refractivity contribution is 5.42. The fraction of sp³-hybridized carbons (Fsp3) is 0.294. The molecule has 0 aromatic heterocycles. The Labute approximate surface area is 124 Å². The van der Waals surface area contributed by atoms with Gasteiger partial charge in [0.1, 0.15) is 11.6 Å². The second-order valence-corrected chi connectivity index (χ2v) is 4.99. The molecule has 0 spiro atoms. The lowest BCUT2D eigenvalue weighted by Crippen LogP contribution is -2.29. The molecule has 1 atom stereocenters. The predicted molar refractivity (Wildman–Crippen MR) is 82.5 cm³/mol. The molecule has 0 aliphatic heterocycles. The maximum absolute atomic E-state index is 13.4. The first-order valence-corrected chi connectivity index (χ1v) is 7.11. The minimum Gasteiger partial charge on any atom is -0.493 e. The lowest BCUT2D eigenvalue weighted by Gasteiger charge is -2.20. The van der Waals surface area contributed by atoms with Gasteiger partial charge in [0.25, 0.3) is 0 Å². The van der Waals surface area contributed by atoms with Crippen LogP contribution in [0.15, 0.2) is 42.5 Å². The van der Waals surface area contributed by atoms with Gasteiger partial charge in [0.15, 0.2) is 0 Å². The Morgan fingerprint density at radius 1 is 1.24 bits per heavy atom. The van der Waals surface area contributed by atoms with Gasteiger partial charge in [0, 0.05) is 5.56 Å². The van der Waals surface area contributed by atoms with E-state index in [0.717, 1.165) is 23.3 Å². The predicted octanol–water partition coefficient (Wildman–Crippen LogP) is 3.48. The van der Waals surface area contributed by atoms with Crippen LogP contribution in [0.3, 0.4) is 0 Å². The molecular weight excluding hydrogens is 267 g/mol. The van der Waals surface area contributed by atoms with Gasteiger partial charge >= 0.3 is 0 Å². The molecule has 2 rings (SSSR count). The van der Waals surface area contributed by atoms with Crippen molar-refractivity contribution in [3.05, 3.63) is 65.0 Å². The molecule has 112 valence electrons. The number of hydrogen-bond acceptors (Lipinski definition) is 3. The molecule has 0 aliphatic carbocycles. The largest absolute Gasteiger partial charge is 0.493 e. The minimum atomic E-state index is -0.239. The molecule has 3 N–H and O–H groups in total. The second-order valence-electron chi connectivity index (χ2n) is 4.99. The summed E-state index contributed by atoms with van der Waals surface area (Å²) in [6.45, 7) is 4.45. The molecule has 0 radical (unpaired) electrons. The number of hydrazine groups is 1. The SMILES string of the molecule is CCCOc1ccccc1C(NN)c1ccc(F)c(C)c1. The zero-order valence-electron chi connectivity index (χ0n) is 12.4. The fourth-order valence-corrected chi connectivity index (χ4v) is 2.28. The molecule has 2 aromatic rings. The van der Waals surface area contributed by atoms with E-state index in [-0.39, 0.29) is 11.9 Å². The van der Waals surface area contributed by atoms with Crippen molar-refractivity contribution in [1.29, 1.82) is 0 Å². The third kappa shape index (κ3) is 3.60. The number of benzene rings is 2. The number of ether oxygens (including phenoxy) is 1. The first kappa shape index (κ1) is 15.5. The third-order valence-corrected chi connectivity index (χ3v) is 3.37. The van der Waals surface area contributed by atoms with E-state index in [0.29, 0.717) is 12.2 Å². The van der Waals surface area contributed by atoms with E-state index in [2.05, 4.69) is 12.3 Å². The summed E-state index contributed by atoms with van der Waals surface area (Å²) in [5, 5.41) is 0. The molecule has 0 saturated heterocycles. The Morgan fingerprint density at radius 3 is 2.67 bits per heavy atom. The molecule has 4 heteroatoms. The molecule has 0 amide bonds. The summed E-state index contributed by atoms with van der Waals surface area (Å²) in [6.07, 6.45) is 0.935. The summed E-state index contributed by atoms with van der Waals surface area (Å²) in [4.78, 5) is 0. The Balaban J connectivity index is 2.38. The highest BCUT2D eigenvalue weighted by Gasteiger charge is 2.17. The summed E-state index contributed by atoms with van der Waals surface area (Å²) in [5.41, 5.74) is 5.24. The lowest BCUT2D eigenvalue weighted by atomic mass is 9.97. The van der Waals surface area contributed by atoms with Crippen molar-refractivity contribution in [2.45, 2.75) is 26.3 Å². The van der Waals surface area contributed by atoms with Crippen molar-refractivity contribution in [2.75, 3.05) is 6.61 Å². The Hall–Kier alpha value is -1.91. The van der Waals surface area contributed by atoms with E-state index in [1.165, 1.54) is 6.07 Å². The van der Waals surface area contributed by atoms with E-state index < -0.39 is 0 Å². The molecular formula is C17H21FN2O. The number of para-hydroxylation sites is 1. The lowest BCUT2D eigenvalue weighted by molar-refractivity contribution is 0.311. The highest BCUT2D eigenvalue weighted by atomic mass is 19.1.